The van der Waals surface area contributed by atoms with Gasteiger partial charge in [0.1, 0.15) is 18.1 Å². The topological polar surface area (TPSA) is 64.6 Å². The summed E-state index contributed by atoms with van der Waals surface area (Å²) in [4.78, 5) is 24.5. The molecular formula is C26H27NO4. The van der Waals surface area contributed by atoms with Crippen molar-refractivity contribution in [1.82, 2.24) is 0 Å². The molecule has 0 bridgehead atoms. The first-order chi connectivity index (χ1) is 15.1. The molecule has 3 rings (SSSR count). The Balaban J connectivity index is 1.42. The standard InChI is InChI=1S/C26H27NO4/c1-2-18-30-23-12-8-21(9-13-23)25(28)16-17-26(29)27-22-10-14-24(15-11-22)31-19-20-6-4-3-5-7-20/h3-15H,2,16-19H2,1H3,(H,27,29). The van der Waals surface area contributed by atoms with Gasteiger partial charge in [-0.3, -0.25) is 9.59 Å². The summed E-state index contributed by atoms with van der Waals surface area (Å²) < 4.78 is 11.3. The van der Waals surface area contributed by atoms with Gasteiger partial charge < -0.3 is 14.8 Å². The number of Topliss-reactive ketones (excluding diaryl/α,β-unsaturated/α-hetero) is 1. The summed E-state index contributed by atoms with van der Waals surface area (Å²) in [7, 11) is 0. The average Bonchev–Trinajstić information content (AvgIpc) is 2.82. The van der Waals surface area contributed by atoms with Crippen molar-refractivity contribution in [2.45, 2.75) is 32.8 Å². The first-order valence-corrected chi connectivity index (χ1v) is 10.5. The van der Waals surface area contributed by atoms with Gasteiger partial charge in [0, 0.05) is 24.1 Å². The van der Waals surface area contributed by atoms with Crippen LogP contribution in [0.25, 0.3) is 0 Å². The van der Waals surface area contributed by atoms with Gasteiger partial charge in [0.2, 0.25) is 5.91 Å². The number of rotatable bonds is 11. The third-order valence-corrected chi connectivity index (χ3v) is 4.61. The average molecular weight is 418 g/mol. The van der Waals surface area contributed by atoms with Crippen LogP contribution in [-0.2, 0) is 11.4 Å². The van der Waals surface area contributed by atoms with E-state index in [-0.39, 0.29) is 24.5 Å². The third kappa shape index (κ3) is 7.30. The van der Waals surface area contributed by atoms with Crippen molar-refractivity contribution in [1.29, 1.82) is 0 Å². The Kier molecular flexibility index (Phi) is 8.23. The number of amides is 1. The molecule has 0 saturated heterocycles. The Morgan fingerprint density at radius 1 is 0.774 bits per heavy atom. The maximum absolute atomic E-state index is 12.3. The molecule has 5 heteroatoms. The zero-order valence-corrected chi connectivity index (χ0v) is 17.7. The molecular weight excluding hydrogens is 390 g/mol. The van der Waals surface area contributed by atoms with Crippen molar-refractivity contribution in [2.75, 3.05) is 11.9 Å². The molecule has 3 aromatic rings. The van der Waals surface area contributed by atoms with Crippen molar-refractivity contribution in [2.24, 2.45) is 0 Å². The smallest absolute Gasteiger partial charge is 0.224 e. The van der Waals surface area contributed by atoms with Crippen LogP contribution in [-0.4, -0.2) is 18.3 Å². The van der Waals surface area contributed by atoms with Gasteiger partial charge in [-0.1, -0.05) is 37.3 Å². The minimum atomic E-state index is -0.200. The second-order valence-corrected chi connectivity index (χ2v) is 7.14. The van der Waals surface area contributed by atoms with Gasteiger partial charge in [0.15, 0.2) is 5.78 Å². The Hall–Kier alpha value is -3.60. The molecule has 1 amide bonds. The second kappa shape index (κ2) is 11.6. The normalized spacial score (nSPS) is 10.4. The highest BCUT2D eigenvalue weighted by atomic mass is 16.5. The van der Waals surface area contributed by atoms with E-state index < -0.39 is 0 Å². The highest BCUT2D eigenvalue weighted by Crippen LogP contribution is 2.18. The van der Waals surface area contributed by atoms with Gasteiger partial charge in [-0.05, 0) is 60.5 Å². The van der Waals surface area contributed by atoms with Gasteiger partial charge in [0.05, 0.1) is 6.61 Å². The fourth-order valence-electron chi connectivity index (χ4n) is 2.93. The van der Waals surface area contributed by atoms with E-state index in [1.165, 1.54) is 0 Å². The van der Waals surface area contributed by atoms with Gasteiger partial charge in [-0.15, -0.1) is 0 Å². The summed E-state index contributed by atoms with van der Waals surface area (Å²) in [5.74, 6) is 1.20. The zero-order valence-electron chi connectivity index (χ0n) is 17.7. The predicted octanol–water partition coefficient (Wildman–Crippen LogP) is 5.66. The van der Waals surface area contributed by atoms with Crippen molar-refractivity contribution in [3.63, 3.8) is 0 Å². The van der Waals surface area contributed by atoms with Gasteiger partial charge >= 0.3 is 0 Å². The lowest BCUT2D eigenvalue weighted by molar-refractivity contribution is -0.116. The van der Waals surface area contributed by atoms with E-state index in [2.05, 4.69) is 5.32 Å². The van der Waals surface area contributed by atoms with Crippen molar-refractivity contribution >= 4 is 17.4 Å². The highest BCUT2D eigenvalue weighted by Gasteiger charge is 2.10. The monoisotopic (exact) mass is 417 g/mol. The largest absolute Gasteiger partial charge is 0.494 e. The number of nitrogens with one attached hydrogen (secondary N) is 1. The van der Waals surface area contributed by atoms with Crippen LogP contribution in [0.3, 0.4) is 0 Å². The number of benzene rings is 3. The van der Waals surface area contributed by atoms with Crippen molar-refractivity contribution in [3.05, 3.63) is 90.0 Å². The molecule has 0 radical (unpaired) electrons. The van der Waals surface area contributed by atoms with Crippen LogP contribution in [0.2, 0.25) is 0 Å². The van der Waals surface area contributed by atoms with Crippen LogP contribution in [0, 0.1) is 0 Å². The Labute approximate surface area is 183 Å². The van der Waals surface area contributed by atoms with E-state index in [0.29, 0.717) is 24.5 Å². The number of carbonyl (C=O) groups excluding carboxylic acids is 2. The van der Waals surface area contributed by atoms with Crippen LogP contribution in [0.15, 0.2) is 78.9 Å². The number of ketones is 1. The van der Waals surface area contributed by atoms with E-state index >= 15 is 0 Å². The molecule has 0 aliphatic heterocycles. The lowest BCUT2D eigenvalue weighted by atomic mass is 10.1. The van der Waals surface area contributed by atoms with Crippen molar-refractivity contribution in [3.8, 4) is 11.5 Å². The summed E-state index contributed by atoms with van der Waals surface area (Å²) in [5.41, 5.74) is 2.34. The third-order valence-electron chi connectivity index (χ3n) is 4.61. The second-order valence-electron chi connectivity index (χ2n) is 7.14. The van der Waals surface area contributed by atoms with Crippen molar-refractivity contribution < 1.29 is 19.1 Å². The number of hydrogen-bond donors (Lipinski definition) is 1. The minimum Gasteiger partial charge on any atom is -0.494 e. The van der Waals surface area contributed by atoms with Crippen LogP contribution < -0.4 is 14.8 Å². The Morgan fingerprint density at radius 3 is 2.10 bits per heavy atom. The fraction of sp³-hybridized carbons (Fsp3) is 0.231. The molecule has 0 unspecified atom stereocenters. The predicted molar refractivity (Wildman–Crippen MR) is 122 cm³/mol. The quantitative estimate of drug-likeness (QED) is 0.409. The van der Waals surface area contributed by atoms with E-state index in [4.69, 9.17) is 9.47 Å². The molecule has 5 nitrogen and oxygen atoms in total. The van der Waals surface area contributed by atoms with Crippen LogP contribution in [0.1, 0.15) is 42.1 Å². The molecule has 160 valence electrons. The van der Waals surface area contributed by atoms with E-state index in [0.717, 1.165) is 23.5 Å². The van der Waals surface area contributed by atoms with E-state index in [1.807, 2.05) is 49.4 Å². The van der Waals surface area contributed by atoms with E-state index in [9.17, 15) is 9.59 Å². The molecule has 0 aliphatic carbocycles. The summed E-state index contributed by atoms with van der Waals surface area (Å²) in [6.45, 7) is 3.17. The molecule has 0 aliphatic rings. The first kappa shape index (κ1) is 22.1. The summed E-state index contributed by atoms with van der Waals surface area (Å²) in [5, 5.41) is 2.82. The van der Waals surface area contributed by atoms with Gasteiger partial charge in [-0.2, -0.15) is 0 Å². The summed E-state index contributed by atoms with van der Waals surface area (Å²) >= 11 is 0. The first-order valence-electron chi connectivity index (χ1n) is 10.5. The van der Waals surface area contributed by atoms with Crippen LogP contribution >= 0.6 is 0 Å². The number of anilines is 1. The Bertz CT molecular complexity index is 967. The molecule has 0 saturated carbocycles. The zero-order chi connectivity index (χ0) is 21.9. The molecule has 3 aromatic carbocycles. The van der Waals surface area contributed by atoms with E-state index in [1.54, 1.807) is 36.4 Å². The number of hydrogen-bond acceptors (Lipinski definition) is 4. The molecule has 1 N–H and O–H groups in total. The molecule has 0 spiro atoms. The summed E-state index contributed by atoms with van der Waals surface area (Å²) in [6, 6.07) is 24.1. The molecule has 0 atom stereocenters. The molecule has 31 heavy (non-hydrogen) atoms. The molecule has 0 heterocycles. The lowest BCUT2D eigenvalue weighted by Gasteiger charge is -2.09. The molecule has 0 fully saturated rings. The maximum atomic E-state index is 12.3. The SMILES string of the molecule is CCCOc1ccc(C(=O)CCC(=O)Nc2ccc(OCc3ccccc3)cc2)cc1. The number of ether oxygens (including phenoxy) is 2. The lowest BCUT2D eigenvalue weighted by Crippen LogP contribution is -2.13. The minimum absolute atomic E-state index is 0.0677. The van der Waals surface area contributed by atoms with Crippen LogP contribution in [0.5, 0.6) is 11.5 Å². The Morgan fingerprint density at radius 2 is 1.42 bits per heavy atom. The van der Waals surface area contributed by atoms with Crippen LogP contribution in [0.4, 0.5) is 5.69 Å². The summed E-state index contributed by atoms with van der Waals surface area (Å²) in [6.07, 6.45) is 1.21. The maximum Gasteiger partial charge on any atom is 0.224 e. The number of carbonyl (C=O) groups is 2. The fourth-order valence-corrected chi connectivity index (χ4v) is 2.93. The highest BCUT2D eigenvalue weighted by molar-refractivity contribution is 6.00. The van der Waals surface area contributed by atoms with Gasteiger partial charge in [-0.25, -0.2) is 0 Å². The molecule has 0 aromatic heterocycles. The van der Waals surface area contributed by atoms with Gasteiger partial charge in [0.25, 0.3) is 0 Å².